The summed E-state index contributed by atoms with van der Waals surface area (Å²) in [4.78, 5) is 10.5. The van der Waals surface area contributed by atoms with Crippen molar-refractivity contribution in [3.05, 3.63) is 0 Å². The Bertz CT molecular complexity index is 277. The molecule has 2 nitrogen and oxygen atoms in total. The third kappa shape index (κ3) is 83.4. The molecule has 1 aliphatic rings. The molecule has 2 heteroatoms. The van der Waals surface area contributed by atoms with E-state index >= 15 is 0 Å². The quantitative estimate of drug-likeness (QED) is 0.194. The predicted molar refractivity (Wildman–Crippen MR) is 229 cm³/mol. The van der Waals surface area contributed by atoms with Crippen LogP contribution in [0, 0.1) is 11.8 Å². The summed E-state index contributed by atoms with van der Waals surface area (Å²) in [6.07, 6.45) is 20.6. The van der Waals surface area contributed by atoms with E-state index in [2.05, 4.69) is 6.92 Å². The zero-order valence-corrected chi connectivity index (χ0v) is 14.8. The highest BCUT2D eigenvalue weighted by Crippen LogP contribution is 2.38. The number of unbranched alkanes of at least 4 members (excludes halogenated alkanes) is 8. The molecule has 290 valence electrons. The van der Waals surface area contributed by atoms with E-state index in [1.165, 1.54) is 83.5 Å². The monoisotopic (exact) mass is 631 g/mol. The Morgan fingerprint density at radius 1 is 0.452 bits per heavy atom. The van der Waals surface area contributed by atoms with Crippen LogP contribution in [0.2, 0.25) is 0 Å². The Labute approximate surface area is 285 Å². The van der Waals surface area contributed by atoms with Crippen LogP contribution in [0.5, 0.6) is 0 Å². The average Bonchev–Trinajstić information content (AvgIpc) is 2.93. The summed E-state index contributed by atoms with van der Waals surface area (Å²) in [5.74, 6) is 1.34. The average molecular weight is 631 g/mol. The minimum atomic E-state index is -0.644. The van der Waals surface area contributed by atoms with E-state index < -0.39 is 5.97 Å². The van der Waals surface area contributed by atoms with Crippen molar-refractivity contribution < 1.29 is 9.90 Å². The molecule has 1 N–H and O–H groups in total. The molecule has 0 aliphatic heterocycles. The summed E-state index contributed by atoms with van der Waals surface area (Å²) in [7, 11) is 0. The molecule has 0 aromatic heterocycles. The van der Waals surface area contributed by atoms with Crippen LogP contribution in [-0.2, 0) is 4.79 Å². The molecule has 0 aromatic rings. The van der Waals surface area contributed by atoms with Gasteiger partial charge in [-0.15, -0.1) is 0 Å². The maximum absolute atomic E-state index is 10.5. The maximum Gasteiger partial charge on any atom is 0.303 e. The fourth-order valence-corrected chi connectivity index (χ4v) is 4.10. The topological polar surface area (TPSA) is 37.3 Å². The van der Waals surface area contributed by atoms with Gasteiger partial charge in [0, 0.05) is 6.42 Å². The lowest BCUT2D eigenvalue weighted by atomic mass is 9.86. The standard InChI is InChI=1S/C20H38O2.20CH4/c1-2-3-4-5-6-9-13-18-15-12-16-19(18)14-10-7-8-11-17-20(21)22;;;;;;;;;;;;;;;;;;;;/h18-19H,2-17H2,1H3,(H,21,22);20*1H4/t18-,19-;;;;;;;;;;;;;;;;;;;;/m0..................../s1. The minimum Gasteiger partial charge on any atom is -0.481 e. The van der Waals surface area contributed by atoms with E-state index in [-0.39, 0.29) is 149 Å². The largest absolute Gasteiger partial charge is 0.481 e. The molecule has 0 radical (unpaired) electrons. The smallest absolute Gasteiger partial charge is 0.303 e. The van der Waals surface area contributed by atoms with Crippen LogP contribution in [0.15, 0.2) is 0 Å². The third-order valence-corrected chi connectivity index (χ3v) is 5.46. The molecule has 2 atom stereocenters. The van der Waals surface area contributed by atoms with E-state index in [9.17, 15) is 4.79 Å². The van der Waals surface area contributed by atoms with Crippen LogP contribution in [-0.4, -0.2) is 11.1 Å². The number of carboxylic acids is 1. The Morgan fingerprint density at radius 2 is 0.714 bits per heavy atom. The zero-order chi connectivity index (χ0) is 16.0. The van der Waals surface area contributed by atoms with Crippen LogP contribution >= 0.6 is 0 Å². The summed E-state index contributed by atoms with van der Waals surface area (Å²) < 4.78 is 0. The Morgan fingerprint density at radius 3 is 1.00 bits per heavy atom. The highest BCUT2D eigenvalue weighted by atomic mass is 16.4. The maximum atomic E-state index is 10.5. The molecule has 1 saturated carbocycles. The second kappa shape index (κ2) is 105. The summed E-state index contributed by atoms with van der Waals surface area (Å²) >= 11 is 0. The van der Waals surface area contributed by atoms with Crippen molar-refractivity contribution in [2.24, 2.45) is 11.8 Å². The number of hydrogen-bond acceptors (Lipinski definition) is 1. The molecule has 0 heterocycles. The molecule has 0 bridgehead atoms. The van der Waals surface area contributed by atoms with E-state index in [1.807, 2.05) is 0 Å². The van der Waals surface area contributed by atoms with Crippen LogP contribution < -0.4 is 0 Å². The zero-order valence-electron chi connectivity index (χ0n) is 14.8. The first-order valence-electron chi connectivity index (χ1n) is 9.95. The molecule has 1 fully saturated rings. The van der Waals surface area contributed by atoms with E-state index in [0.29, 0.717) is 6.42 Å². The molecule has 0 aromatic carbocycles. The molecular weight excluding hydrogens is 512 g/mol. The van der Waals surface area contributed by atoms with Crippen molar-refractivity contribution in [3.8, 4) is 0 Å². The van der Waals surface area contributed by atoms with Gasteiger partial charge in [-0.1, -0.05) is 245 Å². The van der Waals surface area contributed by atoms with Gasteiger partial charge in [0.15, 0.2) is 0 Å². The molecule has 1 aliphatic carbocycles. The molecular formula is C40H118O2. The lowest BCUT2D eigenvalue weighted by Crippen LogP contribution is -2.08. The number of aliphatic carboxylic acids is 1. The van der Waals surface area contributed by atoms with Crippen molar-refractivity contribution in [2.45, 2.75) is 258 Å². The van der Waals surface area contributed by atoms with Crippen LogP contribution in [0.3, 0.4) is 0 Å². The first-order valence-corrected chi connectivity index (χ1v) is 9.95. The third-order valence-electron chi connectivity index (χ3n) is 5.46. The van der Waals surface area contributed by atoms with E-state index in [1.54, 1.807) is 0 Å². The number of rotatable bonds is 14. The fraction of sp³-hybridized carbons (Fsp3) is 0.975. The number of hydrogen-bond donors (Lipinski definition) is 1. The van der Waals surface area contributed by atoms with Gasteiger partial charge < -0.3 is 5.11 Å². The number of carboxylic acid groups (broad SMARTS) is 1. The number of carbonyl (C=O) groups is 1. The Hall–Kier alpha value is -0.530. The van der Waals surface area contributed by atoms with Gasteiger partial charge in [0.25, 0.3) is 0 Å². The summed E-state index contributed by atoms with van der Waals surface area (Å²) in [5, 5.41) is 8.63. The summed E-state index contributed by atoms with van der Waals surface area (Å²) in [5.41, 5.74) is 0. The fourth-order valence-electron chi connectivity index (χ4n) is 4.10. The first kappa shape index (κ1) is 147. The van der Waals surface area contributed by atoms with Crippen molar-refractivity contribution in [2.75, 3.05) is 0 Å². The van der Waals surface area contributed by atoms with Gasteiger partial charge in [0.05, 0.1) is 0 Å². The van der Waals surface area contributed by atoms with E-state index in [4.69, 9.17) is 5.11 Å². The SMILES string of the molecule is C.C.C.C.C.C.C.C.C.C.C.C.C.C.C.C.C.C.C.C.CCCCCCCC[C@H]1CCC[C@@H]1CCCCCCC(=O)O. The molecule has 0 amide bonds. The van der Waals surface area contributed by atoms with Gasteiger partial charge in [0.1, 0.15) is 0 Å². The summed E-state index contributed by atoms with van der Waals surface area (Å²) in [6, 6.07) is 0. The highest BCUT2D eigenvalue weighted by molar-refractivity contribution is 5.66. The first-order chi connectivity index (χ1) is 10.7. The second-order valence-corrected chi connectivity index (χ2v) is 7.35. The van der Waals surface area contributed by atoms with Gasteiger partial charge in [-0.2, -0.15) is 0 Å². The molecule has 1 rings (SSSR count). The van der Waals surface area contributed by atoms with Gasteiger partial charge in [-0.3, -0.25) is 4.79 Å². The highest BCUT2D eigenvalue weighted by Gasteiger charge is 2.25. The lowest BCUT2D eigenvalue weighted by molar-refractivity contribution is -0.137. The normalized spacial score (nSPS) is 11.2. The summed E-state index contributed by atoms with van der Waals surface area (Å²) in [6.45, 7) is 2.28. The van der Waals surface area contributed by atoms with Crippen LogP contribution in [0.4, 0.5) is 0 Å². The molecule has 0 saturated heterocycles. The van der Waals surface area contributed by atoms with Crippen molar-refractivity contribution in [1.82, 2.24) is 0 Å². The minimum absolute atomic E-state index is 0. The second-order valence-electron chi connectivity index (χ2n) is 7.35. The van der Waals surface area contributed by atoms with Gasteiger partial charge in [0.2, 0.25) is 0 Å². The Kier molecular flexibility index (Phi) is 369. The van der Waals surface area contributed by atoms with Crippen LogP contribution in [0.1, 0.15) is 258 Å². The molecule has 42 heavy (non-hydrogen) atoms. The molecule has 0 unspecified atom stereocenters. The molecule has 0 spiro atoms. The lowest BCUT2D eigenvalue weighted by Gasteiger charge is -2.19. The van der Waals surface area contributed by atoms with Crippen LogP contribution in [0.25, 0.3) is 0 Å². The van der Waals surface area contributed by atoms with Crippen molar-refractivity contribution in [3.63, 3.8) is 0 Å². The van der Waals surface area contributed by atoms with Crippen molar-refractivity contribution >= 4 is 5.97 Å². The van der Waals surface area contributed by atoms with E-state index in [0.717, 1.165) is 24.7 Å². The van der Waals surface area contributed by atoms with Gasteiger partial charge in [-0.05, 0) is 18.3 Å². The van der Waals surface area contributed by atoms with Gasteiger partial charge in [-0.25, -0.2) is 0 Å². The Balaban J connectivity index is -0.0000000134. The van der Waals surface area contributed by atoms with Crippen molar-refractivity contribution in [1.29, 1.82) is 0 Å². The van der Waals surface area contributed by atoms with Gasteiger partial charge >= 0.3 is 5.97 Å². The predicted octanol–water partition coefficient (Wildman–Crippen LogP) is 19.3.